The zero-order valence-electron chi connectivity index (χ0n) is 17.8. The van der Waals surface area contributed by atoms with Crippen LogP contribution < -0.4 is 5.32 Å². The number of thiazole rings is 1. The fraction of sp³-hybridized carbons (Fsp3) is 0.261. The van der Waals surface area contributed by atoms with Crippen molar-refractivity contribution in [3.8, 4) is 0 Å². The first-order valence-electron chi connectivity index (χ1n) is 10.6. The number of para-hydroxylation sites is 2. The maximum absolute atomic E-state index is 13.0. The number of hydrogen-bond acceptors (Lipinski definition) is 7. The summed E-state index contributed by atoms with van der Waals surface area (Å²) >= 11 is 2.81. The number of amides is 1. The van der Waals surface area contributed by atoms with Gasteiger partial charge in [-0.25, -0.2) is 9.97 Å². The third-order valence-electron chi connectivity index (χ3n) is 5.24. The number of anilines is 1. The summed E-state index contributed by atoms with van der Waals surface area (Å²) in [6.07, 6.45) is 1.63. The second-order valence-electron chi connectivity index (χ2n) is 7.43. The van der Waals surface area contributed by atoms with Crippen LogP contribution >= 0.6 is 23.1 Å². The van der Waals surface area contributed by atoms with Crippen LogP contribution in [-0.2, 0) is 11.3 Å². The topological polar surface area (TPSA) is 85.6 Å². The number of carbonyl (C=O) groups excluding carboxylic acids is 1. The van der Waals surface area contributed by atoms with E-state index in [1.165, 1.54) is 23.1 Å². The molecular formula is C23H22N6OS2. The van der Waals surface area contributed by atoms with Gasteiger partial charge < -0.3 is 9.88 Å². The predicted molar refractivity (Wildman–Crippen MR) is 131 cm³/mol. The van der Waals surface area contributed by atoms with E-state index < -0.39 is 0 Å². The summed E-state index contributed by atoms with van der Waals surface area (Å²) in [5, 5.41) is 13.6. The molecule has 0 saturated heterocycles. The Kier molecular flexibility index (Phi) is 5.75. The molecule has 1 atom stereocenters. The lowest BCUT2D eigenvalue weighted by Crippen LogP contribution is -2.24. The van der Waals surface area contributed by atoms with Gasteiger partial charge in [0, 0.05) is 11.9 Å². The number of rotatable bonds is 7. The van der Waals surface area contributed by atoms with E-state index in [1.54, 1.807) is 0 Å². The van der Waals surface area contributed by atoms with E-state index in [0.717, 1.165) is 45.2 Å². The maximum atomic E-state index is 13.0. The Hall–Kier alpha value is -3.04. The molecule has 3 heterocycles. The Labute approximate surface area is 193 Å². The Morgan fingerprint density at radius 1 is 1.09 bits per heavy atom. The molecule has 162 valence electrons. The zero-order chi connectivity index (χ0) is 22.1. The smallest absolute Gasteiger partial charge is 0.239 e. The van der Waals surface area contributed by atoms with Crippen LogP contribution in [0.2, 0.25) is 0 Å². The summed E-state index contributed by atoms with van der Waals surface area (Å²) in [6.45, 7) is 4.97. The second-order valence-corrected chi connectivity index (χ2v) is 9.63. The fourth-order valence-corrected chi connectivity index (χ4v) is 5.43. The van der Waals surface area contributed by atoms with Gasteiger partial charge in [0.1, 0.15) is 5.52 Å². The molecule has 7 nitrogen and oxygen atoms in total. The molecule has 0 aliphatic rings. The molecule has 0 fully saturated rings. The van der Waals surface area contributed by atoms with Crippen molar-refractivity contribution in [3.63, 3.8) is 0 Å². The van der Waals surface area contributed by atoms with Gasteiger partial charge in [0.05, 0.1) is 21.0 Å². The Balaban J connectivity index is 1.42. The first-order chi connectivity index (χ1) is 15.7. The molecule has 1 amide bonds. The lowest BCUT2D eigenvalue weighted by molar-refractivity contribution is -0.115. The second kappa shape index (κ2) is 8.84. The Bertz CT molecular complexity index is 1390. The molecule has 3 aromatic heterocycles. The van der Waals surface area contributed by atoms with Gasteiger partial charge in [0.15, 0.2) is 10.8 Å². The lowest BCUT2D eigenvalue weighted by atomic mass is 10.2. The van der Waals surface area contributed by atoms with Crippen molar-refractivity contribution in [1.29, 1.82) is 0 Å². The average Bonchev–Trinajstić information content (AvgIpc) is 3.36. The molecule has 5 rings (SSSR count). The number of nitrogens with zero attached hydrogens (tertiary/aromatic N) is 5. The van der Waals surface area contributed by atoms with Gasteiger partial charge in [-0.05, 0) is 31.0 Å². The van der Waals surface area contributed by atoms with E-state index in [-0.39, 0.29) is 11.2 Å². The third kappa shape index (κ3) is 3.82. The number of thioether (sulfide) groups is 1. The number of carbonyl (C=O) groups is 1. The Morgan fingerprint density at radius 3 is 2.72 bits per heavy atom. The van der Waals surface area contributed by atoms with Gasteiger partial charge in [-0.3, -0.25) is 4.79 Å². The van der Waals surface area contributed by atoms with Crippen molar-refractivity contribution >= 4 is 66.4 Å². The van der Waals surface area contributed by atoms with E-state index >= 15 is 0 Å². The van der Waals surface area contributed by atoms with Crippen molar-refractivity contribution in [2.45, 2.75) is 43.6 Å². The first kappa shape index (κ1) is 20.8. The summed E-state index contributed by atoms with van der Waals surface area (Å²) in [6, 6.07) is 16.0. The number of nitrogens with one attached hydrogen (secondary N) is 1. The highest BCUT2D eigenvalue weighted by molar-refractivity contribution is 8.00. The highest BCUT2D eigenvalue weighted by atomic mass is 32.2. The molecular weight excluding hydrogens is 440 g/mol. The van der Waals surface area contributed by atoms with Crippen LogP contribution in [0.15, 0.2) is 53.7 Å². The molecule has 0 bridgehead atoms. The van der Waals surface area contributed by atoms with Crippen molar-refractivity contribution in [3.05, 3.63) is 48.5 Å². The summed E-state index contributed by atoms with van der Waals surface area (Å²) in [5.41, 5.74) is 3.60. The summed E-state index contributed by atoms with van der Waals surface area (Å²) in [4.78, 5) is 22.3. The lowest BCUT2D eigenvalue weighted by Gasteiger charge is -2.12. The highest BCUT2D eigenvalue weighted by Crippen LogP contribution is 2.30. The monoisotopic (exact) mass is 462 g/mol. The third-order valence-corrected chi connectivity index (χ3v) is 7.40. The van der Waals surface area contributed by atoms with Gasteiger partial charge in [0.2, 0.25) is 11.1 Å². The molecule has 0 radical (unpaired) electrons. The minimum absolute atomic E-state index is 0.102. The standard InChI is InChI=1S/C23H22N6OS2/c1-3-13-29-16-11-7-5-9-14(16)19-20(29)25-23(28-27-19)31-17(4-2)21(30)26-22-24-15-10-6-8-12-18(15)32-22/h5-12,17H,3-4,13H2,1-2H3,(H,24,26,30)/t17-/m0/s1. The SMILES string of the molecule is CCCn1c2ccccc2c2nnc(S[C@@H](CC)C(=O)Nc3nc4ccccc4s3)nc21. The molecule has 0 saturated carbocycles. The molecule has 2 aromatic carbocycles. The molecule has 0 aliphatic carbocycles. The van der Waals surface area contributed by atoms with Crippen molar-refractivity contribution < 1.29 is 4.79 Å². The van der Waals surface area contributed by atoms with E-state index in [9.17, 15) is 4.79 Å². The van der Waals surface area contributed by atoms with Crippen molar-refractivity contribution in [1.82, 2.24) is 24.7 Å². The van der Waals surface area contributed by atoms with E-state index in [0.29, 0.717) is 16.7 Å². The van der Waals surface area contributed by atoms with Gasteiger partial charge in [-0.15, -0.1) is 10.2 Å². The van der Waals surface area contributed by atoms with Gasteiger partial charge in [0.25, 0.3) is 0 Å². The van der Waals surface area contributed by atoms with Gasteiger partial charge >= 0.3 is 0 Å². The molecule has 0 unspecified atom stereocenters. The largest absolute Gasteiger partial charge is 0.324 e. The fourth-order valence-electron chi connectivity index (χ4n) is 3.75. The van der Waals surface area contributed by atoms with Crippen LogP contribution in [0, 0.1) is 0 Å². The van der Waals surface area contributed by atoms with Crippen LogP contribution in [0.5, 0.6) is 0 Å². The van der Waals surface area contributed by atoms with Crippen LogP contribution in [0.1, 0.15) is 26.7 Å². The number of hydrogen-bond donors (Lipinski definition) is 1. The normalized spacial score (nSPS) is 12.6. The molecule has 0 aliphatic heterocycles. The van der Waals surface area contributed by atoms with Crippen molar-refractivity contribution in [2.24, 2.45) is 0 Å². The van der Waals surface area contributed by atoms with Crippen LogP contribution in [0.4, 0.5) is 5.13 Å². The minimum Gasteiger partial charge on any atom is -0.324 e. The molecule has 1 N–H and O–H groups in total. The number of aromatic nitrogens is 5. The Morgan fingerprint density at radius 2 is 1.91 bits per heavy atom. The summed E-state index contributed by atoms with van der Waals surface area (Å²) in [7, 11) is 0. The minimum atomic E-state index is -0.342. The van der Waals surface area contributed by atoms with E-state index in [1.807, 2.05) is 49.4 Å². The average molecular weight is 463 g/mol. The summed E-state index contributed by atoms with van der Waals surface area (Å²) in [5.74, 6) is -0.102. The quantitative estimate of drug-likeness (QED) is 0.321. The first-order valence-corrected chi connectivity index (χ1v) is 12.3. The van der Waals surface area contributed by atoms with E-state index in [4.69, 9.17) is 4.98 Å². The molecule has 9 heteroatoms. The number of aryl methyl sites for hydroxylation is 1. The van der Waals surface area contributed by atoms with Crippen molar-refractivity contribution in [2.75, 3.05) is 5.32 Å². The maximum Gasteiger partial charge on any atom is 0.239 e. The van der Waals surface area contributed by atoms with Gasteiger partial charge in [-0.2, -0.15) is 0 Å². The predicted octanol–water partition coefficient (Wildman–Crippen LogP) is 5.51. The number of benzene rings is 2. The number of fused-ring (bicyclic) bond motifs is 4. The van der Waals surface area contributed by atoms with Crippen LogP contribution in [0.3, 0.4) is 0 Å². The zero-order valence-corrected chi connectivity index (χ0v) is 19.4. The van der Waals surface area contributed by atoms with Gasteiger partial charge in [-0.1, -0.05) is 67.3 Å². The molecule has 0 spiro atoms. The van der Waals surface area contributed by atoms with E-state index in [2.05, 4.69) is 38.1 Å². The molecule has 32 heavy (non-hydrogen) atoms. The van der Waals surface area contributed by atoms with Crippen LogP contribution in [0.25, 0.3) is 32.3 Å². The molecule has 5 aromatic rings. The summed E-state index contributed by atoms with van der Waals surface area (Å²) < 4.78 is 3.23. The highest BCUT2D eigenvalue weighted by Gasteiger charge is 2.22. The van der Waals surface area contributed by atoms with Crippen LogP contribution in [-0.4, -0.2) is 35.9 Å².